The van der Waals surface area contributed by atoms with Gasteiger partial charge in [0.25, 0.3) is 0 Å². The second-order valence-electron chi connectivity index (χ2n) is 3.42. The lowest BCUT2D eigenvalue weighted by atomic mass is 10.00. The number of carbonyl (C=O) groups is 1. The molecule has 0 aliphatic carbocycles. The Kier molecular flexibility index (Phi) is 3.83. The van der Waals surface area contributed by atoms with Crippen LogP contribution in [0.4, 0.5) is 0 Å². The van der Waals surface area contributed by atoms with E-state index < -0.39 is 5.97 Å². The minimum Gasteiger partial charge on any atom is -0.550 e. The second kappa shape index (κ2) is 5.13. The van der Waals surface area contributed by atoms with E-state index in [1.807, 2.05) is 12.1 Å². The molecule has 3 N–H and O–H groups in total. The molecule has 0 fully saturated rings. The lowest BCUT2D eigenvalue weighted by Gasteiger charge is -2.09. The van der Waals surface area contributed by atoms with Gasteiger partial charge in [0.15, 0.2) is 0 Å². The van der Waals surface area contributed by atoms with E-state index in [4.69, 9.17) is 5.26 Å². The van der Waals surface area contributed by atoms with Crippen LogP contribution in [0.3, 0.4) is 0 Å². The van der Waals surface area contributed by atoms with Crippen LogP contribution in [-0.2, 0) is 11.2 Å². The van der Waals surface area contributed by atoms with Gasteiger partial charge in [0.05, 0.1) is 17.7 Å². The highest BCUT2D eigenvalue weighted by atomic mass is 16.4. The first-order valence-electron chi connectivity index (χ1n) is 4.64. The molecule has 4 heteroatoms. The number of quaternary nitrogens is 1. The lowest BCUT2D eigenvalue weighted by Crippen LogP contribution is -2.63. The fourth-order valence-electron chi connectivity index (χ4n) is 1.43. The molecule has 0 heterocycles. The van der Waals surface area contributed by atoms with E-state index in [9.17, 15) is 9.90 Å². The van der Waals surface area contributed by atoms with Crippen molar-refractivity contribution < 1.29 is 15.6 Å². The van der Waals surface area contributed by atoms with Gasteiger partial charge in [-0.2, -0.15) is 5.26 Å². The zero-order chi connectivity index (χ0) is 11.3. The number of aliphatic carboxylic acids is 1. The average molecular weight is 204 g/mol. The topological polar surface area (TPSA) is 91.6 Å². The van der Waals surface area contributed by atoms with Gasteiger partial charge in [0.2, 0.25) is 0 Å². The van der Waals surface area contributed by atoms with Gasteiger partial charge < -0.3 is 15.6 Å². The molecule has 0 aromatic heterocycles. The summed E-state index contributed by atoms with van der Waals surface area (Å²) in [4.78, 5) is 10.3. The summed E-state index contributed by atoms with van der Waals surface area (Å²) < 4.78 is 0. The minimum atomic E-state index is -1.11. The highest BCUT2D eigenvalue weighted by molar-refractivity contribution is 5.64. The summed E-state index contributed by atoms with van der Waals surface area (Å²) >= 11 is 0. The maximum Gasteiger partial charge on any atom is 0.0994 e. The number of hydrogen-bond acceptors (Lipinski definition) is 3. The Bertz CT molecular complexity index is 396. The van der Waals surface area contributed by atoms with Crippen molar-refractivity contribution in [2.24, 2.45) is 0 Å². The summed E-state index contributed by atoms with van der Waals surface area (Å²) in [5, 5.41) is 19.2. The number of nitrogens with zero attached hydrogens (tertiary/aromatic N) is 1. The Balaban J connectivity index is 2.72. The number of carbonyl (C=O) groups excluding carboxylic acids is 1. The zero-order valence-corrected chi connectivity index (χ0v) is 8.27. The molecule has 1 rings (SSSR count). The molecule has 0 spiro atoms. The Labute approximate surface area is 87.9 Å². The van der Waals surface area contributed by atoms with E-state index in [1.165, 1.54) is 0 Å². The largest absolute Gasteiger partial charge is 0.550 e. The maximum atomic E-state index is 10.3. The lowest BCUT2D eigenvalue weighted by molar-refractivity contribution is -0.423. The molecular formula is C11H12N2O2. The fraction of sp³-hybridized carbons (Fsp3) is 0.273. The summed E-state index contributed by atoms with van der Waals surface area (Å²) in [6.45, 7) is 0. The molecule has 0 radical (unpaired) electrons. The number of hydrogen-bond donors (Lipinski definition) is 1. The molecule has 0 saturated heterocycles. The van der Waals surface area contributed by atoms with E-state index >= 15 is 0 Å². The second-order valence-corrected chi connectivity index (χ2v) is 3.42. The Morgan fingerprint density at radius 1 is 1.53 bits per heavy atom. The van der Waals surface area contributed by atoms with Crippen molar-refractivity contribution in [3.63, 3.8) is 0 Å². The van der Waals surface area contributed by atoms with Crippen molar-refractivity contribution in [3.8, 4) is 6.07 Å². The number of nitriles is 1. The van der Waals surface area contributed by atoms with Crippen LogP contribution >= 0.6 is 0 Å². The van der Waals surface area contributed by atoms with Crippen molar-refractivity contribution in [2.45, 2.75) is 18.9 Å². The molecular weight excluding hydrogens is 192 g/mol. The van der Waals surface area contributed by atoms with Crippen molar-refractivity contribution in [3.05, 3.63) is 35.4 Å². The number of carboxylic acid groups (broad SMARTS) is 1. The van der Waals surface area contributed by atoms with Gasteiger partial charge in [-0.1, -0.05) is 18.2 Å². The standard InChI is InChI=1S/C11H12N2O2/c12-7-9-4-2-1-3-8(9)5-10(13)6-11(14)15/h1-4,10H,5-6,13H2,(H,14,15)/t10-/m0/s1. The Morgan fingerprint density at radius 2 is 2.20 bits per heavy atom. The number of carboxylic acids is 1. The molecule has 0 unspecified atom stereocenters. The monoisotopic (exact) mass is 204 g/mol. The molecule has 78 valence electrons. The molecule has 1 aromatic carbocycles. The number of benzene rings is 1. The predicted molar refractivity (Wildman–Crippen MR) is 51.2 cm³/mol. The highest BCUT2D eigenvalue weighted by Gasteiger charge is 2.10. The normalized spacial score (nSPS) is 11.7. The molecule has 0 aliphatic rings. The first-order valence-corrected chi connectivity index (χ1v) is 4.64. The summed E-state index contributed by atoms with van der Waals surface area (Å²) in [6.07, 6.45) is 0.400. The third-order valence-electron chi connectivity index (χ3n) is 2.10. The summed E-state index contributed by atoms with van der Waals surface area (Å²) in [6, 6.07) is 8.92. The zero-order valence-electron chi connectivity index (χ0n) is 8.27. The molecule has 0 saturated carbocycles. The van der Waals surface area contributed by atoms with Gasteiger partial charge in [0.1, 0.15) is 0 Å². The van der Waals surface area contributed by atoms with Crippen molar-refractivity contribution in [1.29, 1.82) is 5.26 Å². The smallest absolute Gasteiger partial charge is 0.0994 e. The van der Waals surface area contributed by atoms with Crippen LogP contribution in [0.25, 0.3) is 0 Å². The first-order chi connectivity index (χ1) is 7.13. The van der Waals surface area contributed by atoms with E-state index in [1.54, 1.807) is 12.1 Å². The van der Waals surface area contributed by atoms with Crippen LogP contribution < -0.4 is 10.8 Å². The molecule has 1 atom stereocenters. The summed E-state index contributed by atoms with van der Waals surface area (Å²) in [7, 11) is 0. The van der Waals surface area contributed by atoms with Gasteiger partial charge in [-0.05, 0) is 11.6 Å². The van der Waals surface area contributed by atoms with Gasteiger partial charge >= 0.3 is 0 Å². The van der Waals surface area contributed by atoms with E-state index in [0.29, 0.717) is 12.0 Å². The van der Waals surface area contributed by atoms with Crippen LogP contribution in [0.5, 0.6) is 0 Å². The predicted octanol–water partition coefficient (Wildman–Crippen LogP) is -1.15. The molecule has 15 heavy (non-hydrogen) atoms. The molecule has 4 nitrogen and oxygen atoms in total. The maximum absolute atomic E-state index is 10.3. The van der Waals surface area contributed by atoms with E-state index in [0.717, 1.165) is 5.56 Å². The van der Waals surface area contributed by atoms with Crippen molar-refractivity contribution >= 4 is 5.97 Å². The van der Waals surface area contributed by atoms with Crippen LogP contribution in [0.1, 0.15) is 17.5 Å². The molecule has 0 aliphatic heterocycles. The SMILES string of the molecule is N#Cc1ccccc1C[C@H]([NH3+])CC(=O)[O-]. The molecule has 0 amide bonds. The van der Waals surface area contributed by atoms with Gasteiger partial charge in [-0.15, -0.1) is 0 Å². The van der Waals surface area contributed by atoms with E-state index in [-0.39, 0.29) is 12.5 Å². The van der Waals surface area contributed by atoms with Crippen molar-refractivity contribution in [2.75, 3.05) is 0 Å². The average Bonchev–Trinajstić information content (AvgIpc) is 2.17. The van der Waals surface area contributed by atoms with Crippen LogP contribution in [0.2, 0.25) is 0 Å². The third-order valence-corrected chi connectivity index (χ3v) is 2.10. The molecule has 1 aromatic rings. The van der Waals surface area contributed by atoms with Gasteiger partial charge in [-0.25, -0.2) is 0 Å². The Morgan fingerprint density at radius 3 is 2.80 bits per heavy atom. The Hall–Kier alpha value is -1.86. The quantitative estimate of drug-likeness (QED) is 0.671. The number of rotatable bonds is 4. The van der Waals surface area contributed by atoms with Crippen LogP contribution in [0.15, 0.2) is 24.3 Å². The summed E-state index contributed by atoms with van der Waals surface area (Å²) in [5.74, 6) is -1.11. The molecule has 0 bridgehead atoms. The van der Waals surface area contributed by atoms with Gasteiger partial charge in [0, 0.05) is 18.8 Å². The summed E-state index contributed by atoms with van der Waals surface area (Å²) in [5.41, 5.74) is 5.13. The van der Waals surface area contributed by atoms with E-state index in [2.05, 4.69) is 11.8 Å². The minimum absolute atomic E-state index is 0.0836. The van der Waals surface area contributed by atoms with Crippen LogP contribution in [-0.4, -0.2) is 12.0 Å². The third kappa shape index (κ3) is 3.41. The van der Waals surface area contributed by atoms with Crippen LogP contribution in [0, 0.1) is 11.3 Å². The fourth-order valence-corrected chi connectivity index (χ4v) is 1.43. The van der Waals surface area contributed by atoms with Crippen molar-refractivity contribution in [1.82, 2.24) is 0 Å². The highest BCUT2D eigenvalue weighted by Crippen LogP contribution is 2.09. The van der Waals surface area contributed by atoms with Gasteiger partial charge in [-0.3, -0.25) is 0 Å². The first kappa shape index (κ1) is 11.2.